The first-order valence-corrected chi connectivity index (χ1v) is 8.47. The van der Waals surface area contributed by atoms with Crippen molar-refractivity contribution in [2.45, 2.75) is 20.8 Å². The average molecular weight is 357 g/mol. The van der Waals surface area contributed by atoms with Gasteiger partial charge in [0.1, 0.15) is 0 Å². The number of hydrogen-bond acceptors (Lipinski definition) is 5. The summed E-state index contributed by atoms with van der Waals surface area (Å²) in [4.78, 5) is 24.1. The largest absolute Gasteiger partial charge is 0.490 e. The number of carbonyl (C=O) groups is 2. The van der Waals surface area contributed by atoms with Gasteiger partial charge in [0.15, 0.2) is 18.1 Å². The fourth-order valence-electron chi connectivity index (χ4n) is 2.34. The molecule has 0 saturated heterocycles. The van der Waals surface area contributed by atoms with Crippen molar-refractivity contribution in [1.29, 1.82) is 0 Å². The van der Waals surface area contributed by atoms with Crippen LogP contribution in [-0.2, 0) is 9.53 Å². The van der Waals surface area contributed by atoms with E-state index in [0.717, 1.165) is 5.56 Å². The Balaban J connectivity index is 1.96. The number of anilines is 1. The Morgan fingerprint density at radius 2 is 1.65 bits per heavy atom. The zero-order chi connectivity index (χ0) is 18.9. The van der Waals surface area contributed by atoms with Crippen LogP contribution in [0.15, 0.2) is 42.5 Å². The van der Waals surface area contributed by atoms with Crippen molar-refractivity contribution < 1.29 is 23.8 Å². The molecule has 138 valence electrons. The van der Waals surface area contributed by atoms with E-state index < -0.39 is 11.9 Å². The van der Waals surface area contributed by atoms with E-state index >= 15 is 0 Å². The summed E-state index contributed by atoms with van der Waals surface area (Å²) in [6.45, 7) is 6.18. The SMILES string of the molecule is CCOc1ccc(NC(=O)COC(=O)c2ccccc2C)cc1OCC. The molecule has 0 saturated carbocycles. The lowest BCUT2D eigenvalue weighted by Crippen LogP contribution is -2.21. The van der Waals surface area contributed by atoms with E-state index in [4.69, 9.17) is 14.2 Å². The Labute approximate surface area is 153 Å². The second kappa shape index (κ2) is 9.46. The monoisotopic (exact) mass is 357 g/mol. The lowest BCUT2D eigenvalue weighted by atomic mass is 10.1. The Morgan fingerprint density at radius 1 is 0.962 bits per heavy atom. The predicted molar refractivity (Wildman–Crippen MR) is 98.9 cm³/mol. The highest BCUT2D eigenvalue weighted by atomic mass is 16.5. The lowest BCUT2D eigenvalue weighted by molar-refractivity contribution is -0.119. The van der Waals surface area contributed by atoms with Crippen molar-refractivity contribution in [3.8, 4) is 11.5 Å². The van der Waals surface area contributed by atoms with E-state index in [0.29, 0.717) is 36.0 Å². The Bertz CT molecular complexity index is 773. The average Bonchev–Trinajstić information content (AvgIpc) is 2.62. The molecule has 6 nitrogen and oxygen atoms in total. The third-order valence-corrected chi connectivity index (χ3v) is 3.53. The highest BCUT2D eigenvalue weighted by Crippen LogP contribution is 2.30. The van der Waals surface area contributed by atoms with Crippen LogP contribution in [0.5, 0.6) is 11.5 Å². The van der Waals surface area contributed by atoms with Gasteiger partial charge in [-0.1, -0.05) is 18.2 Å². The van der Waals surface area contributed by atoms with Crippen molar-refractivity contribution in [3.05, 3.63) is 53.6 Å². The Kier molecular flexibility index (Phi) is 7.02. The molecule has 6 heteroatoms. The number of esters is 1. The number of amides is 1. The minimum absolute atomic E-state index is 0.371. The Hall–Kier alpha value is -3.02. The third-order valence-electron chi connectivity index (χ3n) is 3.53. The topological polar surface area (TPSA) is 73.9 Å². The number of nitrogens with one attached hydrogen (secondary N) is 1. The minimum atomic E-state index is -0.528. The number of benzene rings is 2. The molecule has 2 aromatic rings. The molecule has 0 atom stereocenters. The van der Waals surface area contributed by atoms with Crippen LogP contribution in [0.25, 0.3) is 0 Å². The summed E-state index contributed by atoms with van der Waals surface area (Å²) in [5.41, 5.74) is 1.78. The first kappa shape index (κ1) is 19.3. The molecule has 2 rings (SSSR count). The van der Waals surface area contributed by atoms with Gasteiger partial charge in [-0.2, -0.15) is 0 Å². The number of rotatable bonds is 8. The summed E-state index contributed by atoms with van der Waals surface area (Å²) in [6, 6.07) is 12.2. The highest BCUT2D eigenvalue weighted by Gasteiger charge is 2.13. The second-order valence-corrected chi connectivity index (χ2v) is 5.47. The number of ether oxygens (including phenoxy) is 3. The van der Waals surface area contributed by atoms with Crippen molar-refractivity contribution in [1.82, 2.24) is 0 Å². The summed E-state index contributed by atoms with van der Waals surface area (Å²) in [5, 5.41) is 2.68. The number of aryl methyl sites for hydroxylation is 1. The standard InChI is InChI=1S/C20H23NO5/c1-4-24-17-11-10-15(12-18(17)25-5-2)21-19(22)13-26-20(23)16-9-7-6-8-14(16)3/h6-12H,4-5,13H2,1-3H3,(H,21,22). The van der Waals surface area contributed by atoms with Crippen LogP contribution in [0.1, 0.15) is 29.8 Å². The van der Waals surface area contributed by atoms with Gasteiger partial charge in [0.2, 0.25) is 0 Å². The summed E-state index contributed by atoms with van der Waals surface area (Å²) in [6.07, 6.45) is 0. The van der Waals surface area contributed by atoms with Crippen LogP contribution in [0.3, 0.4) is 0 Å². The van der Waals surface area contributed by atoms with E-state index in [1.807, 2.05) is 32.9 Å². The summed E-state index contributed by atoms with van der Waals surface area (Å²) >= 11 is 0. The molecule has 0 unspecified atom stereocenters. The molecule has 1 amide bonds. The van der Waals surface area contributed by atoms with Gasteiger partial charge in [-0.05, 0) is 44.5 Å². The molecular formula is C20H23NO5. The molecule has 0 fully saturated rings. The zero-order valence-electron chi connectivity index (χ0n) is 15.2. The van der Waals surface area contributed by atoms with Crippen LogP contribution in [-0.4, -0.2) is 31.7 Å². The van der Waals surface area contributed by atoms with Crippen LogP contribution in [0.4, 0.5) is 5.69 Å². The van der Waals surface area contributed by atoms with E-state index in [1.165, 1.54) is 0 Å². The van der Waals surface area contributed by atoms with Crippen molar-refractivity contribution in [3.63, 3.8) is 0 Å². The van der Waals surface area contributed by atoms with E-state index in [9.17, 15) is 9.59 Å². The van der Waals surface area contributed by atoms with Gasteiger partial charge in [-0.15, -0.1) is 0 Å². The predicted octanol–water partition coefficient (Wildman–Crippen LogP) is 3.59. The minimum Gasteiger partial charge on any atom is -0.490 e. The molecule has 0 aliphatic rings. The maximum absolute atomic E-state index is 12.1. The fraction of sp³-hybridized carbons (Fsp3) is 0.300. The van der Waals surface area contributed by atoms with Crippen LogP contribution in [0, 0.1) is 6.92 Å². The van der Waals surface area contributed by atoms with Crippen LogP contribution >= 0.6 is 0 Å². The van der Waals surface area contributed by atoms with Gasteiger partial charge in [-0.3, -0.25) is 4.79 Å². The molecule has 2 aromatic carbocycles. The quantitative estimate of drug-likeness (QED) is 0.731. The Morgan fingerprint density at radius 3 is 2.35 bits per heavy atom. The first-order chi connectivity index (χ1) is 12.5. The van der Waals surface area contributed by atoms with Crippen molar-refractivity contribution >= 4 is 17.6 Å². The normalized spacial score (nSPS) is 10.1. The van der Waals surface area contributed by atoms with Crippen molar-refractivity contribution in [2.75, 3.05) is 25.1 Å². The molecular weight excluding hydrogens is 334 g/mol. The molecule has 0 heterocycles. The molecule has 0 radical (unpaired) electrons. The smallest absolute Gasteiger partial charge is 0.338 e. The zero-order valence-corrected chi connectivity index (χ0v) is 15.2. The molecule has 26 heavy (non-hydrogen) atoms. The van der Waals surface area contributed by atoms with Gasteiger partial charge in [0.25, 0.3) is 5.91 Å². The maximum atomic E-state index is 12.1. The number of carbonyl (C=O) groups excluding carboxylic acids is 2. The van der Waals surface area contributed by atoms with Gasteiger partial charge >= 0.3 is 5.97 Å². The maximum Gasteiger partial charge on any atom is 0.338 e. The first-order valence-electron chi connectivity index (χ1n) is 8.47. The fourth-order valence-corrected chi connectivity index (χ4v) is 2.34. The molecule has 0 spiro atoms. The van der Waals surface area contributed by atoms with Crippen LogP contribution < -0.4 is 14.8 Å². The van der Waals surface area contributed by atoms with Gasteiger partial charge in [0, 0.05) is 11.8 Å². The molecule has 1 N–H and O–H groups in total. The van der Waals surface area contributed by atoms with E-state index in [-0.39, 0.29) is 6.61 Å². The summed E-state index contributed by atoms with van der Waals surface area (Å²) in [5.74, 6) is 0.195. The van der Waals surface area contributed by atoms with E-state index in [2.05, 4.69) is 5.32 Å². The molecule has 0 aliphatic carbocycles. The lowest BCUT2D eigenvalue weighted by Gasteiger charge is -2.13. The number of hydrogen-bond donors (Lipinski definition) is 1. The van der Waals surface area contributed by atoms with Crippen molar-refractivity contribution in [2.24, 2.45) is 0 Å². The van der Waals surface area contributed by atoms with Gasteiger partial charge < -0.3 is 19.5 Å². The van der Waals surface area contributed by atoms with Gasteiger partial charge in [-0.25, -0.2) is 4.79 Å². The highest BCUT2D eigenvalue weighted by molar-refractivity contribution is 5.96. The second-order valence-electron chi connectivity index (χ2n) is 5.47. The molecule has 0 aliphatic heterocycles. The van der Waals surface area contributed by atoms with Gasteiger partial charge in [0.05, 0.1) is 18.8 Å². The summed E-state index contributed by atoms with van der Waals surface area (Å²) in [7, 11) is 0. The third kappa shape index (κ3) is 5.24. The molecule has 0 aromatic heterocycles. The van der Waals surface area contributed by atoms with E-state index in [1.54, 1.807) is 30.3 Å². The molecule has 0 bridgehead atoms. The summed E-state index contributed by atoms with van der Waals surface area (Å²) < 4.78 is 16.1. The van der Waals surface area contributed by atoms with Crippen LogP contribution in [0.2, 0.25) is 0 Å².